The van der Waals surface area contributed by atoms with Crippen LogP contribution in [0.1, 0.15) is 25.0 Å². The van der Waals surface area contributed by atoms with Gasteiger partial charge in [0.1, 0.15) is 6.10 Å². The van der Waals surface area contributed by atoms with E-state index in [1.54, 1.807) is 0 Å². The molecule has 1 N–H and O–H groups in total. The minimum Gasteiger partial charge on any atom is -0.386 e. The van der Waals surface area contributed by atoms with Crippen LogP contribution in [0.15, 0.2) is 30.3 Å². The molecule has 0 aliphatic carbocycles. The van der Waals surface area contributed by atoms with Crippen molar-refractivity contribution in [3.8, 4) is 0 Å². The van der Waals surface area contributed by atoms with Gasteiger partial charge in [0.2, 0.25) is 0 Å². The van der Waals surface area contributed by atoms with E-state index >= 15 is 0 Å². The van der Waals surface area contributed by atoms with Gasteiger partial charge in [-0.1, -0.05) is 37.3 Å². The second-order valence-electron chi connectivity index (χ2n) is 3.00. The first kappa shape index (κ1) is 10.2. The number of rotatable bonds is 5. The van der Waals surface area contributed by atoms with Crippen LogP contribution in [0.2, 0.25) is 0 Å². The van der Waals surface area contributed by atoms with Crippen molar-refractivity contribution in [2.45, 2.75) is 19.4 Å². The molecule has 72 valence electrons. The van der Waals surface area contributed by atoms with Crippen molar-refractivity contribution >= 4 is 0 Å². The molecule has 0 aromatic heterocycles. The van der Waals surface area contributed by atoms with Gasteiger partial charge >= 0.3 is 0 Å². The van der Waals surface area contributed by atoms with E-state index in [1.165, 1.54) is 0 Å². The SMILES string of the molecule is CCCOC[C@@H](O)c1ccccc1. The summed E-state index contributed by atoms with van der Waals surface area (Å²) in [6, 6.07) is 9.57. The molecule has 13 heavy (non-hydrogen) atoms. The normalized spacial score (nSPS) is 12.8. The maximum atomic E-state index is 9.62. The van der Waals surface area contributed by atoms with Gasteiger partial charge < -0.3 is 9.84 Å². The third kappa shape index (κ3) is 3.57. The fourth-order valence-corrected chi connectivity index (χ4v) is 1.11. The van der Waals surface area contributed by atoms with Gasteiger partial charge in [-0.3, -0.25) is 0 Å². The summed E-state index contributed by atoms with van der Waals surface area (Å²) in [6.07, 6.45) is 0.495. The molecule has 0 fully saturated rings. The third-order valence-electron chi connectivity index (χ3n) is 1.81. The third-order valence-corrected chi connectivity index (χ3v) is 1.81. The lowest BCUT2D eigenvalue weighted by atomic mass is 10.1. The average Bonchev–Trinajstić information content (AvgIpc) is 2.19. The van der Waals surface area contributed by atoms with Crippen molar-refractivity contribution < 1.29 is 9.84 Å². The Morgan fingerprint density at radius 2 is 2.00 bits per heavy atom. The molecule has 0 heterocycles. The van der Waals surface area contributed by atoms with Gasteiger partial charge in [-0.15, -0.1) is 0 Å². The Bertz CT molecular complexity index is 221. The largest absolute Gasteiger partial charge is 0.386 e. The van der Waals surface area contributed by atoms with Gasteiger partial charge in [0, 0.05) is 6.61 Å². The van der Waals surface area contributed by atoms with E-state index in [2.05, 4.69) is 6.92 Å². The molecule has 0 unspecified atom stereocenters. The van der Waals surface area contributed by atoms with Crippen molar-refractivity contribution in [3.05, 3.63) is 35.9 Å². The predicted octanol–water partition coefficient (Wildman–Crippen LogP) is 2.15. The molecule has 0 aliphatic heterocycles. The molecule has 1 aromatic carbocycles. The van der Waals surface area contributed by atoms with Gasteiger partial charge in [0.05, 0.1) is 6.61 Å². The number of aliphatic hydroxyl groups excluding tert-OH is 1. The first-order valence-corrected chi connectivity index (χ1v) is 4.65. The Hall–Kier alpha value is -0.860. The van der Waals surface area contributed by atoms with Gasteiger partial charge in [-0.25, -0.2) is 0 Å². The fraction of sp³-hybridized carbons (Fsp3) is 0.455. The highest BCUT2D eigenvalue weighted by Gasteiger charge is 2.05. The molecule has 0 radical (unpaired) electrons. The quantitative estimate of drug-likeness (QED) is 0.703. The van der Waals surface area contributed by atoms with Crippen LogP contribution in [0.25, 0.3) is 0 Å². The summed E-state index contributed by atoms with van der Waals surface area (Å²) >= 11 is 0. The summed E-state index contributed by atoms with van der Waals surface area (Å²) in [5.74, 6) is 0. The number of hydrogen-bond acceptors (Lipinski definition) is 2. The standard InChI is InChI=1S/C11H16O2/c1-2-8-13-9-11(12)10-6-4-3-5-7-10/h3-7,11-12H,2,8-9H2,1H3/t11-/m1/s1. The van der Waals surface area contributed by atoms with Crippen LogP contribution in [0.5, 0.6) is 0 Å². The van der Waals surface area contributed by atoms with Crippen molar-refractivity contribution in [1.29, 1.82) is 0 Å². The minimum absolute atomic E-state index is 0.387. The Morgan fingerprint density at radius 1 is 1.31 bits per heavy atom. The van der Waals surface area contributed by atoms with Gasteiger partial charge in [0.25, 0.3) is 0 Å². The average molecular weight is 180 g/mol. The zero-order valence-electron chi connectivity index (χ0n) is 7.94. The van der Waals surface area contributed by atoms with Gasteiger partial charge in [-0.2, -0.15) is 0 Å². The Morgan fingerprint density at radius 3 is 2.62 bits per heavy atom. The smallest absolute Gasteiger partial charge is 0.102 e. The molecule has 1 atom stereocenters. The zero-order valence-corrected chi connectivity index (χ0v) is 7.94. The van der Waals surface area contributed by atoms with Gasteiger partial charge in [-0.05, 0) is 12.0 Å². The molecular formula is C11H16O2. The summed E-state index contributed by atoms with van der Waals surface area (Å²) in [6.45, 7) is 3.15. The lowest BCUT2D eigenvalue weighted by molar-refractivity contribution is 0.0364. The number of ether oxygens (including phenoxy) is 1. The van der Waals surface area contributed by atoms with E-state index in [9.17, 15) is 5.11 Å². The highest BCUT2D eigenvalue weighted by molar-refractivity contribution is 5.17. The summed E-state index contributed by atoms with van der Waals surface area (Å²) in [7, 11) is 0. The van der Waals surface area contributed by atoms with Crippen LogP contribution < -0.4 is 0 Å². The van der Waals surface area contributed by atoms with E-state index in [4.69, 9.17) is 4.74 Å². The molecule has 0 bridgehead atoms. The van der Waals surface area contributed by atoms with E-state index in [0.717, 1.165) is 12.0 Å². The molecule has 0 saturated carbocycles. The Balaban J connectivity index is 2.35. The molecule has 0 amide bonds. The van der Waals surface area contributed by atoms with Crippen molar-refractivity contribution in [2.24, 2.45) is 0 Å². The predicted molar refractivity (Wildman–Crippen MR) is 52.5 cm³/mol. The van der Waals surface area contributed by atoms with Crippen LogP contribution in [0.3, 0.4) is 0 Å². The minimum atomic E-state index is -0.493. The molecule has 2 nitrogen and oxygen atoms in total. The summed E-state index contributed by atoms with van der Waals surface area (Å²) < 4.78 is 5.25. The van der Waals surface area contributed by atoms with E-state index in [1.807, 2.05) is 30.3 Å². The summed E-state index contributed by atoms with van der Waals surface area (Å²) in [5, 5.41) is 9.62. The van der Waals surface area contributed by atoms with E-state index < -0.39 is 6.10 Å². The van der Waals surface area contributed by atoms with E-state index in [0.29, 0.717) is 13.2 Å². The van der Waals surface area contributed by atoms with Gasteiger partial charge in [0.15, 0.2) is 0 Å². The molecule has 0 saturated heterocycles. The first-order chi connectivity index (χ1) is 6.34. The highest BCUT2D eigenvalue weighted by Crippen LogP contribution is 2.11. The maximum Gasteiger partial charge on any atom is 0.102 e. The lowest BCUT2D eigenvalue weighted by Gasteiger charge is -2.10. The van der Waals surface area contributed by atoms with Crippen LogP contribution in [0.4, 0.5) is 0 Å². The summed E-state index contributed by atoms with van der Waals surface area (Å²) in [5.41, 5.74) is 0.915. The topological polar surface area (TPSA) is 29.5 Å². The summed E-state index contributed by atoms with van der Waals surface area (Å²) in [4.78, 5) is 0. The highest BCUT2D eigenvalue weighted by atomic mass is 16.5. The number of benzene rings is 1. The number of aliphatic hydroxyl groups is 1. The van der Waals surface area contributed by atoms with Crippen LogP contribution in [-0.4, -0.2) is 18.3 Å². The van der Waals surface area contributed by atoms with E-state index in [-0.39, 0.29) is 0 Å². The van der Waals surface area contributed by atoms with Crippen LogP contribution >= 0.6 is 0 Å². The van der Waals surface area contributed by atoms with Crippen molar-refractivity contribution in [3.63, 3.8) is 0 Å². The van der Waals surface area contributed by atoms with Crippen molar-refractivity contribution in [2.75, 3.05) is 13.2 Å². The second-order valence-corrected chi connectivity index (χ2v) is 3.00. The fourth-order valence-electron chi connectivity index (χ4n) is 1.11. The van der Waals surface area contributed by atoms with Crippen molar-refractivity contribution in [1.82, 2.24) is 0 Å². The molecule has 0 aliphatic rings. The maximum absolute atomic E-state index is 9.62. The second kappa shape index (κ2) is 5.73. The Kier molecular flexibility index (Phi) is 4.50. The first-order valence-electron chi connectivity index (χ1n) is 4.65. The lowest BCUT2D eigenvalue weighted by Crippen LogP contribution is -2.07. The van der Waals surface area contributed by atoms with Crippen LogP contribution in [0, 0.1) is 0 Å². The Labute approximate surface area is 79.2 Å². The molecular weight excluding hydrogens is 164 g/mol. The zero-order chi connectivity index (χ0) is 9.52. The van der Waals surface area contributed by atoms with Crippen LogP contribution in [-0.2, 0) is 4.74 Å². The monoisotopic (exact) mass is 180 g/mol. The molecule has 0 spiro atoms. The number of hydrogen-bond donors (Lipinski definition) is 1. The molecule has 2 heteroatoms. The molecule has 1 rings (SSSR count). The molecule has 1 aromatic rings.